The summed E-state index contributed by atoms with van der Waals surface area (Å²) in [5.74, 6) is -2.21. The first kappa shape index (κ1) is 21.9. The first-order valence-corrected chi connectivity index (χ1v) is 10.8. The SMILES string of the molecule is COC(=O)CCCN1CCN(c2cccc3c2C(=O)N(C2CCC(=O)NC2=O)C3=O)CC1. The van der Waals surface area contributed by atoms with Gasteiger partial charge in [0, 0.05) is 39.0 Å². The topological polar surface area (TPSA) is 116 Å². The second-order valence-electron chi connectivity index (χ2n) is 8.16. The number of anilines is 1. The van der Waals surface area contributed by atoms with Crippen LogP contribution in [0.15, 0.2) is 18.2 Å². The third-order valence-electron chi connectivity index (χ3n) is 6.24. The molecule has 3 aliphatic heterocycles. The quantitative estimate of drug-likeness (QED) is 0.489. The maximum atomic E-state index is 13.3. The van der Waals surface area contributed by atoms with Crippen LogP contribution in [0.2, 0.25) is 0 Å². The second kappa shape index (κ2) is 9.07. The molecule has 1 aromatic carbocycles. The van der Waals surface area contributed by atoms with E-state index in [0.29, 0.717) is 30.8 Å². The lowest BCUT2D eigenvalue weighted by atomic mass is 10.0. The van der Waals surface area contributed by atoms with Crippen molar-refractivity contribution in [1.29, 1.82) is 0 Å². The molecule has 32 heavy (non-hydrogen) atoms. The lowest BCUT2D eigenvalue weighted by Crippen LogP contribution is -2.54. The van der Waals surface area contributed by atoms with E-state index in [2.05, 4.69) is 19.9 Å². The van der Waals surface area contributed by atoms with Crippen LogP contribution in [0.3, 0.4) is 0 Å². The zero-order valence-electron chi connectivity index (χ0n) is 18.0. The summed E-state index contributed by atoms with van der Waals surface area (Å²) in [6, 6.07) is 4.20. The van der Waals surface area contributed by atoms with Crippen LogP contribution in [0.25, 0.3) is 0 Å². The van der Waals surface area contributed by atoms with E-state index in [1.165, 1.54) is 7.11 Å². The number of hydrogen-bond acceptors (Lipinski definition) is 8. The molecule has 0 aliphatic carbocycles. The van der Waals surface area contributed by atoms with E-state index in [1.54, 1.807) is 12.1 Å². The summed E-state index contributed by atoms with van der Waals surface area (Å²) in [7, 11) is 1.38. The fourth-order valence-electron chi connectivity index (χ4n) is 4.52. The van der Waals surface area contributed by atoms with Gasteiger partial charge in [0.25, 0.3) is 11.8 Å². The van der Waals surface area contributed by atoms with Crippen molar-refractivity contribution in [3.8, 4) is 0 Å². The first-order valence-electron chi connectivity index (χ1n) is 10.8. The first-order chi connectivity index (χ1) is 15.4. The molecule has 0 bridgehead atoms. The highest BCUT2D eigenvalue weighted by atomic mass is 16.5. The number of hydrogen-bond donors (Lipinski definition) is 1. The predicted molar refractivity (Wildman–Crippen MR) is 113 cm³/mol. The van der Waals surface area contributed by atoms with Crippen LogP contribution in [0.1, 0.15) is 46.4 Å². The minimum Gasteiger partial charge on any atom is -0.469 e. The molecule has 10 nitrogen and oxygen atoms in total. The third-order valence-corrected chi connectivity index (χ3v) is 6.24. The molecule has 3 aliphatic rings. The summed E-state index contributed by atoms with van der Waals surface area (Å²) in [6.07, 6.45) is 1.33. The number of imide groups is 2. The molecule has 0 aromatic heterocycles. The van der Waals surface area contributed by atoms with Crippen molar-refractivity contribution in [2.24, 2.45) is 0 Å². The molecule has 0 radical (unpaired) electrons. The number of nitrogens with zero attached hydrogens (tertiary/aromatic N) is 3. The van der Waals surface area contributed by atoms with Gasteiger partial charge in [-0.05, 0) is 31.5 Å². The van der Waals surface area contributed by atoms with Crippen LogP contribution in [0.5, 0.6) is 0 Å². The molecule has 4 amide bonds. The summed E-state index contributed by atoms with van der Waals surface area (Å²) in [5, 5.41) is 2.22. The third kappa shape index (κ3) is 4.10. The van der Waals surface area contributed by atoms with Crippen molar-refractivity contribution in [2.45, 2.75) is 31.7 Å². The Hall–Kier alpha value is -3.27. The average molecular weight is 442 g/mol. The van der Waals surface area contributed by atoms with E-state index in [4.69, 9.17) is 0 Å². The monoisotopic (exact) mass is 442 g/mol. The Morgan fingerprint density at radius 2 is 1.84 bits per heavy atom. The lowest BCUT2D eigenvalue weighted by Gasteiger charge is -2.36. The molecule has 4 rings (SSSR count). The number of benzene rings is 1. The van der Waals surface area contributed by atoms with E-state index < -0.39 is 29.7 Å². The number of esters is 1. The van der Waals surface area contributed by atoms with E-state index >= 15 is 0 Å². The van der Waals surface area contributed by atoms with Gasteiger partial charge in [-0.2, -0.15) is 0 Å². The number of carbonyl (C=O) groups excluding carboxylic acids is 5. The molecule has 1 N–H and O–H groups in total. The fraction of sp³-hybridized carbons (Fsp3) is 0.500. The Morgan fingerprint density at radius 1 is 1.09 bits per heavy atom. The Bertz CT molecular complexity index is 969. The smallest absolute Gasteiger partial charge is 0.305 e. The molecule has 3 heterocycles. The zero-order chi connectivity index (χ0) is 22.8. The number of carbonyl (C=O) groups is 5. The molecule has 1 atom stereocenters. The molecule has 10 heteroatoms. The second-order valence-corrected chi connectivity index (χ2v) is 8.16. The molecular weight excluding hydrogens is 416 g/mol. The molecular formula is C22H26N4O6. The maximum Gasteiger partial charge on any atom is 0.305 e. The summed E-state index contributed by atoms with van der Waals surface area (Å²) >= 11 is 0. The summed E-state index contributed by atoms with van der Waals surface area (Å²) in [4.78, 5) is 66.6. The van der Waals surface area contributed by atoms with Crippen LogP contribution in [0.4, 0.5) is 5.69 Å². The highest BCUT2D eigenvalue weighted by Crippen LogP contribution is 2.34. The number of fused-ring (bicyclic) bond motifs is 1. The van der Waals surface area contributed by atoms with Gasteiger partial charge in [0.15, 0.2) is 0 Å². The van der Waals surface area contributed by atoms with E-state index in [1.807, 2.05) is 6.07 Å². The normalized spacial score (nSPS) is 21.6. The van der Waals surface area contributed by atoms with Gasteiger partial charge in [0.2, 0.25) is 11.8 Å². The van der Waals surface area contributed by atoms with Gasteiger partial charge in [-0.3, -0.25) is 39.1 Å². The lowest BCUT2D eigenvalue weighted by molar-refractivity contribution is -0.141. The van der Waals surface area contributed by atoms with Crippen LogP contribution < -0.4 is 10.2 Å². The predicted octanol–water partition coefficient (Wildman–Crippen LogP) is 0.163. The Kier molecular flexibility index (Phi) is 6.22. The van der Waals surface area contributed by atoms with Crippen LogP contribution in [-0.2, 0) is 19.1 Å². The van der Waals surface area contributed by atoms with Gasteiger partial charge in [-0.1, -0.05) is 6.07 Å². The fourth-order valence-corrected chi connectivity index (χ4v) is 4.52. The van der Waals surface area contributed by atoms with Crippen molar-refractivity contribution in [2.75, 3.05) is 44.7 Å². The van der Waals surface area contributed by atoms with Gasteiger partial charge in [-0.15, -0.1) is 0 Å². The maximum absolute atomic E-state index is 13.3. The number of rotatable bonds is 6. The van der Waals surface area contributed by atoms with Gasteiger partial charge in [0.05, 0.1) is 23.9 Å². The van der Waals surface area contributed by atoms with E-state index in [0.717, 1.165) is 31.0 Å². The van der Waals surface area contributed by atoms with Gasteiger partial charge in [-0.25, -0.2) is 0 Å². The number of ether oxygens (including phenoxy) is 1. The number of amides is 4. The van der Waals surface area contributed by atoms with Crippen molar-refractivity contribution in [3.05, 3.63) is 29.3 Å². The number of piperidine rings is 1. The molecule has 0 spiro atoms. The van der Waals surface area contributed by atoms with E-state index in [9.17, 15) is 24.0 Å². The Balaban J connectivity index is 1.45. The number of nitrogens with one attached hydrogen (secondary N) is 1. The van der Waals surface area contributed by atoms with Crippen molar-refractivity contribution in [3.63, 3.8) is 0 Å². The molecule has 2 fully saturated rings. The minimum atomic E-state index is -0.973. The zero-order valence-corrected chi connectivity index (χ0v) is 18.0. The Labute approximate surface area is 185 Å². The van der Waals surface area contributed by atoms with Crippen LogP contribution in [-0.4, -0.2) is 85.3 Å². The number of methoxy groups -OCH3 is 1. The minimum absolute atomic E-state index is 0.0919. The van der Waals surface area contributed by atoms with Crippen LogP contribution in [0, 0.1) is 0 Å². The van der Waals surface area contributed by atoms with E-state index in [-0.39, 0.29) is 24.4 Å². The summed E-state index contributed by atoms with van der Waals surface area (Å²) in [6.45, 7) is 3.67. The largest absolute Gasteiger partial charge is 0.469 e. The molecule has 1 unspecified atom stereocenters. The molecule has 2 saturated heterocycles. The highest BCUT2D eigenvalue weighted by molar-refractivity contribution is 6.25. The molecule has 1 aromatic rings. The Morgan fingerprint density at radius 3 is 2.53 bits per heavy atom. The van der Waals surface area contributed by atoms with Gasteiger partial charge < -0.3 is 9.64 Å². The van der Waals surface area contributed by atoms with Crippen molar-refractivity contribution < 1.29 is 28.7 Å². The van der Waals surface area contributed by atoms with Crippen molar-refractivity contribution >= 4 is 35.3 Å². The van der Waals surface area contributed by atoms with Gasteiger partial charge >= 0.3 is 5.97 Å². The molecule has 170 valence electrons. The standard InChI is InChI=1S/C22H26N4O6/c1-32-18(28)6-3-9-24-10-12-25(13-11-24)15-5-2-4-14-19(15)22(31)26(21(14)30)16-7-8-17(27)23-20(16)29/h2,4-5,16H,3,6-13H2,1H3,(H,23,27,29). The van der Waals surface area contributed by atoms with Gasteiger partial charge in [0.1, 0.15) is 6.04 Å². The average Bonchev–Trinajstić information content (AvgIpc) is 3.04. The number of piperazine rings is 1. The molecule has 0 saturated carbocycles. The summed E-state index contributed by atoms with van der Waals surface area (Å²) < 4.78 is 4.67. The van der Waals surface area contributed by atoms with Crippen LogP contribution >= 0.6 is 0 Å². The van der Waals surface area contributed by atoms with Crippen molar-refractivity contribution in [1.82, 2.24) is 15.1 Å². The summed E-state index contributed by atoms with van der Waals surface area (Å²) in [5.41, 5.74) is 1.30. The highest BCUT2D eigenvalue weighted by Gasteiger charge is 2.46.